The molecule has 1 aromatic carbocycles. The molecule has 0 saturated carbocycles. The van der Waals surface area contributed by atoms with E-state index in [1.54, 1.807) is 0 Å². The van der Waals surface area contributed by atoms with E-state index in [4.69, 9.17) is 0 Å². The summed E-state index contributed by atoms with van der Waals surface area (Å²) < 4.78 is 0. The van der Waals surface area contributed by atoms with Crippen LogP contribution in [0.4, 0.5) is 0 Å². The van der Waals surface area contributed by atoms with Crippen LogP contribution in [0.2, 0.25) is 0 Å². The predicted molar refractivity (Wildman–Crippen MR) is 82.7 cm³/mol. The van der Waals surface area contributed by atoms with Gasteiger partial charge in [0.1, 0.15) is 0 Å². The number of piperidine rings is 1. The fourth-order valence-electron chi connectivity index (χ4n) is 2.92. The van der Waals surface area contributed by atoms with Gasteiger partial charge in [0.05, 0.1) is 0 Å². The quantitative estimate of drug-likeness (QED) is 0.768. The predicted octanol–water partition coefficient (Wildman–Crippen LogP) is 2.97. The second kappa shape index (κ2) is 7.66. The summed E-state index contributed by atoms with van der Waals surface area (Å²) in [6.45, 7) is 7.83. The zero-order valence-corrected chi connectivity index (χ0v) is 12.5. The summed E-state index contributed by atoms with van der Waals surface area (Å²) in [6, 6.07) is 7.52. The van der Waals surface area contributed by atoms with Gasteiger partial charge in [-0.05, 0) is 70.3 Å². The van der Waals surface area contributed by atoms with Gasteiger partial charge in [-0.1, -0.05) is 30.2 Å². The monoisotopic (exact) mass is 260 g/mol. The molecule has 1 aliphatic heterocycles. The van der Waals surface area contributed by atoms with Crippen LogP contribution in [0.15, 0.2) is 18.2 Å². The largest absolute Gasteiger partial charge is 0.316 e. The van der Waals surface area contributed by atoms with Crippen LogP contribution in [0.25, 0.3) is 0 Å². The molecular formula is C17H28N2. The molecule has 1 atom stereocenters. The minimum atomic E-state index is 0.752. The van der Waals surface area contributed by atoms with Crippen LogP contribution < -0.4 is 10.6 Å². The highest BCUT2D eigenvalue weighted by Crippen LogP contribution is 2.11. The molecule has 1 aliphatic rings. The van der Waals surface area contributed by atoms with Crippen molar-refractivity contribution in [3.63, 3.8) is 0 Å². The van der Waals surface area contributed by atoms with Crippen LogP contribution in [0.3, 0.4) is 0 Å². The number of rotatable bonds is 6. The van der Waals surface area contributed by atoms with E-state index in [1.807, 2.05) is 0 Å². The maximum atomic E-state index is 3.60. The van der Waals surface area contributed by atoms with Crippen molar-refractivity contribution < 1.29 is 0 Å². The molecule has 0 amide bonds. The lowest BCUT2D eigenvalue weighted by atomic mass is 10.0. The van der Waals surface area contributed by atoms with Crippen molar-refractivity contribution in [3.8, 4) is 0 Å². The molecule has 0 aromatic heterocycles. The van der Waals surface area contributed by atoms with E-state index in [0.29, 0.717) is 0 Å². The number of aryl methyl sites for hydroxylation is 2. The molecule has 19 heavy (non-hydrogen) atoms. The van der Waals surface area contributed by atoms with Gasteiger partial charge in [-0.2, -0.15) is 0 Å². The molecule has 0 bridgehead atoms. The fraction of sp³-hybridized carbons (Fsp3) is 0.647. The average Bonchev–Trinajstić information content (AvgIpc) is 2.42. The van der Waals surface area contributed by atoms with E-state index in [9.17, 15) is 0 Å². The first-order chi connectivity index (χ1) is 9.25. The molecule has 1 aromatic rings. The van der Waals surface area contributed by atoms with Crippen molar-refractivity contribution >= 4 is 0 Å². The molecule has 2 nitrogen and oxygen atoms in total. The number of benzene rings is 1. The molecule has 0 spiro atoms. The molecular weight excluding hydrogens is 232 g/mol. The molecule has 2 heteroatoms. The third-order valence-electron chi connectivity index (χ3n) is 4.15. The summed E-state index contributed by atoms with van der Waals surface area (Å²) in [7, 11) is 0. The Balaban J connectivity index is 1.61. The molecule has 2 N–H and O–H groups in total. The lowest BCUT2D eigenvalue weighted by Gasteiger charge is -2.23. The van der Waals surface area contributed by atoms with Gasteiger partial charge < -0.3 is 10.6 Å². The van der Waals surface area contributed by atoms with Gasteiger partial charge >= 0.3 is 0 Å². The van der Waals surface area contributed by atoms with Gasteiger partial charge in [-0.25, -0.2) is 0 Å². The van der Waals surface area contributed by atoms with E-state index < -0.39 is 0 Å². The van der Waals surface area contributed by atoms with E-state index in [2.05, 4.69) is 42.7 Å². The summed E-state index contributed by atoms with van der Waals surface area (Å²) in [5.41, 5.74) is 4.27. The Morgan fingerprint density at radius 3 is 2.84 bits per heavy atom. The molecule has 1 saturated heterocycles. The number of nitrogens with one attached hydrogen (secondary N) is 2. The summed E-state index contributed by atoms with van der Waals surface area (Å²) in [5, 5.41) is 7.19. The third kappa shape index (κ3) is 4.96. The summed E-state index contributed by atoms with van der Waals surface area (Å²) in [4.78, 5) is 0. The Hall–Kier alpha value is -0.860. The first kappa shape index (κ1) is 14.5. The van der Waals surface area contributed by atoms with E-state index in [1.165, 1.54) is 48.9 Å². The molecule has 1 unspecified atom stereocenters. The first-order valence-electron chi connectivity index (χ1n) is 7.76. The molecule has 106 valence electrons. The van der Waals surface area contributed by atoms with Gasteiger partial charge in [0.25, 0.3) is 0 Å². The maximum Gasteiger partial charge on any atom is 0.00791 e. The second-order valence-corrected chi connectivity index (χ2v) is 5.87. The Labute approximate surface area is 118 Å². The molecule has 1 heterocycles. The van der Waals surface area contributed by atoms with Crippen molar-refractivity contribution in [2.24, 2.45) is 0 Å². The van der Waals surface area contributed by atoms with Crippen molar-refractivity contribution in [2.45, 2.75) is 52.0 Å². The lowest BCUT2D eigenvalue weighted by molar-refractivity contribution is 0.377. The number of hydrogen-bond acceptors (Lipinski definition) is 2. The lowest BCUT2D eigenvalue weighted by Crippen LogP contribution is -2.36. The van der Waals surface area contributed by atoms with Crippen molar-refractivity contribution in [1.29, 1.82) is 0 Å². The van der Waals surface area contributed by atoms with Crippen molar-refractivity contribution in [3.05, 3.63) is 34.9 Å². The highest BCUT2D eigenvalue weighted by atomic mass is 14.9. The Morgan fingerprint density at radius 2 is 2.11 bits per heavy atom. The smallest absolute Gasteiger partial charge is 0.00791 e. The average molecular weight is 260 g/mol. The van der Waals surface area contributed by atoms with E-state index >= 15 is 0 Å². The van der Waals surface area contributed by atoms with Gasteiger partial charge in [-0.3, -0.25) is 0 Å². The zero-order valence-electron chi connectivity index (χ0n) is 12.5. The highest BCUT2D eigenvalue weighted by molar-refractivity contribution is 5.30. The summed E-state index contributed by atoms with van der Waals surface area (Å²) in [6.07, 6.45) is 6.53. The minimum absolute atomic E-state index is 0.752. The van der Waals surface area contributed by atoms with E-state index in [-0.39, 0.29) is 0 Å². The summed E-state index contributed by atoms with van der Waals surface area (Å²) in [5.74, 6) is 0. The molecule has 1 fully saturated rings. The van der Waals surface area contributed by atoms with Crippen LogP contribution in [0.5, 0.6) is 0 Å². The molecule has 2 rings (SSSR count). The van der Waals surface area contributed by atoms with Crippen molar-refractivity contribution in [1.82, 2.24) is 10.6 Å². The van der Waals surface area contributed by atoms with Crippen molar-refractivity contribution in [2.75, 3.05) is 19.6 Å². The maximum absolute atomic E-state index is 3.60. The Bertz CT molecular complexity index is 381. The van der Waals surface area contributed by atoms with Crippen LogP contribution in [-0.4, -0.2) is 25.7 Å². The fourth-order valence-corrected chi connectivity index (χ4v) is 2.92. The van der Waals surface area contributed by atoms with Gasteiger partial charge in [0, 0.05) is 6.04 Å². The minimum Gasteiger partial charge on any atom is -0.316 e. The van der Waals surface area contributed by atoms with Gasteiger partial charge in [0.2, 0.25) is 0 Å². The highest BCUT2D eigenvalue weighted by Gasteiger charge is 2.11. The first-order valence-corrected chi connectivity index (χ1v) is 7.76. The molecule has 0 aliphatic carbocycles. The van der Waals surface area contributed by atoms with Crippen LogP contribution in [-0.2, 0) is 6.42 Å². The van der Waals surface area contributed by atoms with E-state index in [0.717, 1.165) is 25.6 Å². The van der Waals surface area contributed by atoms with Crippen LogP contribution in [0.1, 0.15) is 42.4 Å². The zero-order chi connectivity index (χ0) is 13.5. The third-order valence-corrected chi connectivity index (χ3v) is 4.15. The topological polar surface area (TPSA) is 24.1 Å². The standard InChI is InChI=1S/C17H28N2/c1-14-6-7-16(15(2)13-14)8-11-18-12-9-17-5-3-4-10-19-17/h6-7,13,17-19H,3-5,8-12H2,1-2H3. The van der Waals surface area contributed by atoms with Gasteiger partial charge in [-0.15, -0.1) is 0 Å². The van der Waals surface area contributed by atoms with Crippen LogP contribution >= 0.6 is 0 Å². The Kier molecular flexibility index (Phi) is 5.87. The SMILES string of the molecule is Cc1ccc(CCNCCC2CCCCN2)c(C)c1. The Morgan fingerprint density at radius 1 is 1.21 bits per heavy atom. The van der Waals surface area contributed by atoms with Crippen LogP contribution in [0, 0.1) is 13.8 Å². The van der Waals surface area contributed by atoms with Gasteiger partial charge in [0.15, 0.2) is 0 Å². The second-order valence-electron chi connectivity index (χ2n) is 5.87. The normalized spacial score (nSPS) is 19.6. The number of hydrogen-bond donors (Lipinski definition) is 2. The summed E-state index contributed by atoms with van der Waals surface area (Å²) >= 11 is 0. The molecule has 0 radical (unpaired) electrons.